The Labute approximate surface area is 185 Å². The van der Waals surface area contributed by atoms with Gasteiger partial charge >= 0.3 is 0 Å². The monoisotopic (exact) mass is 439 g/mol. The first-order valence-electron chi connectivity index (χ1n) is 10.3. The van der Waals surface area contributed by atoms with Gasteiger partial charge in [-0.2, -0.15) is 0 Å². The molecule has 0 saturated carbocycles. The number of rotatable bonds is 7. The zero-order chi connectivity index (χ0) is 21.6. The summed E-state index contributed by atoms with van der Waals surface area (Å²) in [5.74, 6) is -0.198. The minimum Gasteiger partial charge on any atom is -0.379 e. The molecule has 2 aliphatic rings. The van der Waals surface area contributed by atoms with E-state index in [1.54, 1.807) is 18.2 Å². The number of nitrogens with one attached hydrogen (secondary N) is 1. The van der Waals surface area contributed by atoms with Crippen LogP contribution in [0.15, 0.2) is 54.6 Å². The van der Waals surface area contributed by atoms with Crippen LogP contribution in [0.25, 0.3) is 0 Å². The van der Waals surface area contributed by atoms with Crippen molar-refractivity contribution in [1.29, 1.82) is 0 Å². The Morgan fingerprint density at radius 2 is 1.84 bits per heavy atom. The molecule has 3 amide bonds. The van der Waals surface area contributed by atoms with Crippen molar-refractivity contribution in [3.63, 3.8) is 0 Å². The maximum atomic E-state index is 13.1. The Bertz CT molecular complexity index is 931. The molecule has 2 saturated heterocycles. The zero-order valence-corrected chi connectivity index (χ0v) is 18.0. The van der Waals surface area contributed by atoms with Gasteiger partial charge in [-0.1, -0.05) is 54.2 Å². The Balaban J connectivity index is 1.47. The van der Waals surface area contributed by atoms with Crippen LogP contribution in [-0.2, 0) is 16.1 Å². The number of carbonyl (C=O) groups is 3. The molecule has 31 heavy (non-hydrogen) atoms. The zero-order valence-electron chi connectivity index (χ0n) is 17.2. The largest absolute Gasteiger partial charge is 0.379 e. The van der Waals surface area contributed by atoms with E-state index in [2.05, 4.69) is 10.2 Å². The van der Waals surface area contributed by atoms with Gasteiger partial charge in [-0.05, 0) is 23.3 Å². The first-order chi connectivity index (χ1) is 15.1. The van der Waals surface area contributed by atoms with Crippen molar-refractivity contribution in [2.45, 2.75) is 12.6 Å². The van der Waals surface area contributed by atoms with E-state index in [-0.39, 0.29) is 35.4 Å². The van der Waals surface area contributed by atoms with Crippen LogP contribution in [-0.4, -0.2) is 65.5 Å². The molecule has 0 radical (unpaired) electrons. The SMILES string of the molecule is O=C(N[C@@H](CN1CCOCC1)c1ccccc1)c1cccc(CN2C(=O)CSC2=O)c1. The van der Waals surface area contributed by atoms with Gasteiger partial charge in [0.25, 0.3) is 11.1 Å². The molecule has 2 aliphatic heterocycles. The highest BCUT2D eigenvalue weighted by Crippen LogP contribution is 2.22. The molecule has 0 aromatic heterocycles. The molecule has 7 nitrogen and oxygen atoms in total. The van der Waals surface area contributed by atoms with E-state index in [1.807, 2.05) is 36.4 Å². The number of thioether (sulfide) groups is 1. The van der Waals surface area contributed by atoms with E-state index in [0.29, 0.717) is 25.3 Å². The summed E-state index contributed by atoms with van der Waals surface area (Å²) < 4.78 is 5.44. The molecule has 2 aromatic rings. The van der Waals surface area contributed by atoms with Crippen molar-refractivity contribution in [3.8, 4) is 0 Å². The summed E-state index contributed by atoms with van der Waals surface area (Å²) >= 11 is 1.01. The van der Waals surface area contributed by atoms with Crippen LogP contribution >= 0.6 is 11.8 Å². The molecule has 0 bridgehead atoms. The van der Waals surface area contributed by atoms with E-state index in [9.17, 15) is 14.4 Å². The first-order valence-corrected chi connectivity index (χ1v) is 11.3. The lowest BCUT2D eigenvalue weighted by atomic mass is 10.0. The van der Waals surface area contributed by atoms with Crippen LogP contribution < -0.4 is 5.32 Å². The normalized spacial score (nSPS) is 18.3. The van der Waals surface area contributed by atoms with Gasteiger partial charge in [-0.25, -0.2) is 0 Å². The standard InChI is InChI=1S/C23H25N3O4S/c27-21-16-31-23(29)26(21)14-17-5-4-8-19(13-17)22(28)24-20(18-6-2-1-3-7-18)15-25-9-11-30-12-10-25/h1-8,13,20H,9-12,14-16H2,(H,24,28)/t20-/m0/s1. The van der Waals surface area contributed by atoms with Crippen molar-refractivity contribution in [2.24, 2.45) is 0 Å². The number of imide groups is 1. The Kier molecular flexibility index (Phi) is 7.01. The van der Waals surface area contributed by atoms with Gasteiger partial charge in [-0.3, -0.25) is 24.2 Å². The molecule has 1 atom stereocenters. The molecule has 162 valence electrons. The summed E-state index contributed by atoms with van der Waals surface area (Å²) in [7, 11) is 0. The summed E-state index contributed by atoms with van der Waals surface area (Å²) in [6.07, 6.45) is 0. The van der Waals surface area contributed by atoms with Gasteiger partial charge < -0.3 is 10.1 Å². The average Bonchev–Trinajstić information content (AvgIpc) is 3.12. The van der Waals surface area contributed by atoms with Gasteiger partial charge in [0, 0.05) is 25.2 Å². The number of hydrogen-bond acceptors (Lipinski definition) is 6. The van der Waals surface area contributed by atoms with Crippen LogP contribution in [0.2, 0.25) is 0 Å². The second kappa shape index (κ2) is 10.1. The summed E-state index contributed by atoms with van der Waals surface area (Å²) in [5.41, 5.74) is 2.30. The molecule has 0 unspecified atom stereocenters. The number of nitrogens with zero attached hydrogens (tertiary/aromatic N) is 2. The molecule has 2 fully saturated rings. The average molecular weight is 440 g/mol. The molecule has 8 heteroatoms. The minimum absolute atomic E-state index is 0.159. The molecule has 4 rings (SSSR count). The van der Waals surface area contributed by atoms with E-state index in [1.165, 1.54) is 4.90 Å². The number of ether oxygens (including phenoxy) is 1. The van der Waals surface area contributed by atoms with Crippen LogP contribution in [0.4, 0.5) is 4.79 Å². The molecule has 2 aromatic carbocycles. The Morgan fingerprint density at radius 1 is 1.06 bits per heavy atom. The van der Waals surface area contributed by atoms with Crippen LogP contribution in [0.1, 0.15) is 27.5 Å². The fraction of sp³-hybridized carbons (Fsp3) is 0.348. The van der Waals surface area contributed by atoms with E-state index in [0.717, 1.165) is 36.0 Å². The lowest BCUT2D eigenvalue weighted by molar-refractivity contribution is -0.125. The van der Waals surface area contributed by atoms with Crippen molar-refractivity contribution < 1.29 is 19.1 Å². The number of amides is 3. The lowest BCUT2D eigenvalue weighted by Gasteiger charge is -2.31. The fourth-order valence-corrected chi connectivity index (χ4v) is 4.46. The highest BCUT2D eigenvalue weighted by Gasteiger charge is 2.30. The van der Waals surface area contributed by atoms with Crippen LogP contribution in [0, 0.1) is 0 Å². The maximum Gasteiger partial charge on any atom is 0.289 e. The summed E-state index contributed by atoms with van der Waals surface area (Å²) in [6.45, 7) is 3.96. The van der Waals surface area contributed by atoms with Crippen LogP contribution in [0.5, 0.6) is 0 Å². The Morgan fingerprint density at radius 3 is 2.55 bits per heavy atom. The molecule has 2 heterocycles. The quantitative estimate of drug-likeness (QED) is 0.715. The molecular formula is C23H25N3O4S. The molecular weight excluding hydrogens is 414 g/mol. The summed E-state index contributed by atoms with van der Waals surface area (Å²) in [4.78, 5) is 40.4. The van der Waals surface area contributed by atoms with Gasteiger partial charge in [0.05, 0.1) is 31.6 Å². The van der Waals surface area contributed by atoms with E-state index >= 15 is 0 Å². The highest BCUT2D eigenvalue weighted by atomic mass is 32.2. The van der Waals surface area contributed by atoms with Crippen molar-refractivity contribution in [1.82, 2.24) is 15.1 Å². The van der Waals surface area contributed by atoms with Crippen LogP contribution in [0.3, 0.4) is 0 Å². The number of carbonyl (C=O) groups excluding carboxylic acids is 3. The maximum absolute atomic E-state index is 13.1. The van der Waals surface area contributed by atoms with Gasteiger partial charge in [0.1, 0.15) is 0 Å². The molecule has 0 aliphatic carbocycles. The predicted octanol–water partition coefficient (Wildman–Crippen LogP) is 2.69. The summed E-state index contributed by atoms with van der Waals surface area (Å²) in [6, 6.07) is 16.9. The molecule has 1 N–H and O–H groups in total. The predicted molar refractivity (Wildman–Crippen MR) is 119 cm³/mol. The lowest BCUT2D eigenvalue weighted by Crippen LogP contribution is -2.43. The van der Waals surface area contributed by atoms with Crippen molar-refractivity contribution in [2.75, 3.05) is 38.6 Å². The second-order valence-corrected chi connectivity index (χ2v) is 8.51. The van der Waals surface area contributed by atoms with Gasteiger partial charge in [0.15, 0.2) is 0 Å². The number of benzene rings is 2. The second-order valence-electron chi connectivity index (χ2n) is 7.58. The van der Waals surface area contributed by atoms with Gasteiger partial charge in [0.2, 0.25) is 5.91 Å². The fourth-order valence-electron chi connectivity index (χ4n) is 3.73. The van der Waals surface area contributed by atoms with Crippen molar-refractivity contribution in [3.05, 3.63) is 71.3 Å². The topological polar surface area (TPSA) is 79.0 Å². The first kappa shape index (κ1) is 21.5. The number of hydrogen-bond donors (Lipinski definition) is 1. The third-order valence-electron chi connectivity index (χ3n) is 5.42. The number of morpholine rings is 1. The third-order valence-corrected chi connectivity index (χ3v) is 6.28. The third kappa shape index (κ3) is 5.52. The van der Waals surface area contributed by atoms with Crippen molar-refractivity contribution >= 4 is 28.8 Å². The van der Waals surface area contributed by atoms with E-state index < -0.39 is 0 Å². The Hall–Kier alpha value is -2.68. The highest BCUT2D eigenvalue weighted by molar-refractivity contribution is 8.14. The van der Waals surface area contributed by atoms with E-state index in [4.69, 9.17) is 4.74 Å². The molecule has 0 spiro atoms. The van der Waals surface area contributed by atoms with Gasteiger partial charge in [-0.15, -0.1) is 0 Å². The smallest absolute Gasteiger partial charge is 0.289 e. The minimum atomic E-state index is -0.241. The summed E-state index contributed by atoms with van der Waals surface area (Å²) in [5, 5.41) is 2.92.